The molecule has 1 rings (SSSR count). The van der Waals surface area contributed by atoms with Crippen molar-refractivity contribution in [1.29, 1.82) is 0 Å². The van der Waals surface area contributed by atoms with E-state index < -0.39 is 0 Å². The van der Waals surface area contributed by atoms with Crippen molar-refractivity contribution in [2.45, 2.75) is 45.3 Å². The van der Waals surface area contributed by atoms with Gasteiger partial charge in [-0.15, -0.1) is 0 Å². The van der Waals surface area contributed by atoms with Crippen LogP contribution in [0.25, 0.3) is 0 Å². The fourth-order valence-corrected chi connectivity index (χ4v) is 2.94. The SMILES string of the molecule is CCCC1C=CC(C)[C@H](S)C1CC. The maximum atomic E-state index is 4.73. The third-order valence-corrected chi connectivity index (χ3v) is 4.14. The van der Waals surface area contributed by atoms with Crippen molar-refractivity contribution in [3.05, 3.63) is 12.2 Å². The molecular weight excluding hydrogens is 176 g/mol. The second-order valence-corrected chi connectivity index (χ2v) is 4.86. The lowest BCUT2D eigenvalue weighted by Crippen LogP contribution is -2.30. The van der Waals surface area contributed by atoms with Crippen LogP contribution < -0.4 is 0 Å². The van der Waals surface area contributed by atoms with Gasteiger partial charge in [0.2, 0.25) is 0 Å². The summed E-state index contributed by atoms with van der Waals surface area (Å²) in [5.41, 5.74) is 0. The van der Waals surface area contributed by atoms with Gasteiger partial charge < -0.3 is 0 Å². The molecule has 0 N–H and O–H groups in total. The first kappa shape index (κ1) is 11.2. The molecule has 0 amide bonds. The molecule has 3 unspecified atom stereocenters. The van der Waals surface area contributed by atoms with E-state index >= 15 is 0 Å². The Morgan fingerprint density at radius 1 is 1.23 bits per heavy atom. The molecule has 0 spiro atoms. The number of hydrogen-bond donors (Lipinski definition) is 1. The van der Waals surface area contributed by atoms with Crippen molar-refractivity contribution < 1.29 is 0 Å². The Bertz CT molecular complexity index is 174. The predicted octanol–water partition coefficient (Wildman–Crippen LogP) is 3.93. The molecule has 1 aliphatic rings. The van der Waals surface area contributed by atoms with Gasteiger partial charge in [0.15, 0.2) is 0 Å². The summed E-state index contributed by atoms with van der Waals surface area (Å²) in [5, 5.41) is 0.576. The van der Waals surface area contributed by atoms with Crippen molar-refractivity contribution in [1.82, 2.24) is 0 Å². The first-order valence-electron chi connectivity index (χ1n) is 5.57. The quantitative estimate of drug-likeness (QED) is 0.515. The summed E-state index contributed by atoms with van der Waals surface area (Å²) in [6.45, 7) is 6.84. The van der Waals surface area contributed by atoms with Gasteiger partial charge in [-0.3, -0.25) is 0 Å². The van der Waals surface area contributed by atoms with Crippen LogP contribution in [0.2, 0.25) is 0 Å². The maximum absolute atomic E-state index is 4.73. The van der Waals surface area contributed by atoms with Crippen molar-refractivity contribution in [2.24, 2.45) is 17.8 Å². The van der Waals surface area contributed by atoms with Crippen LogP contribution in [0, 0.1) is 17.8 Å². The van der Waals surface area contributed by atoms with E-state index in [0.717, 1.165) is 11.8 Å². The van der Waals surface area contributed by atoms with Gasteiger partial charge in [-0.05, 0) is 24.2 Å². The van der Waals surface area contributed by atoms with Crippen LogP contribution in [0.1, 0.15) is 40.0 Å². The minimum atomic E-state index is 0.576. The second-order valence-electron chi connectivity index (χ2n) is 4.26. The van der Waals surface area contributed by atoms with Crippen LogP contribution in [0.15, 0.2) is 12.2 Å². The smallest absolute Gasteiger partial charge is 0.0111 e. The lowest BCUT2D eigenvalue weighted by atomic mass is 9.76. The zero-order chi connectivity index (χ0) is 9.84. The molecule has 0 saturated carbocycles. The Morgan fingerprint density at radius 2 is 1.92 bits per heavy atom. The Balaban J connectivity index is 2.67. The molecule has 0 aromatic carbocycles. The molecule has 0 radical (unpaired) electrons. The van der Waals surface area contributed by atoms with Crippen LogP contribution in [-0.2, 0) is 0 Å². The molecule has 76 valence electrons. The fourth-order valence-electron chi connectivity index (χ4n) is 2.41. The largest absolute Gasteiger partial charge is 0.175 e. The highest BCUT2D eigenvalue weighted by molar-refractivity contribution is 7.81. The molecule has 0 heterocycles. The molecule has 1 aliphatic carbocycles. The Kier molecular flexibility index (Phi) is 4.37. The molecule has 1 heteroatoms. The maximum Gasteiger partial charge on any atom is 0.0111 e. The monoisotopic (exact) mass is 198 g/mol. The molecule has 13 heavy (non-hydrogen) atoms. The van der Waals surface area contributed by atoms with Crippen LogP contribution >= 0.6 is 12.6 Å². The zero-order valence-corrected chi connectivity index (χ0v) is 9.93. The van der Waals surface area contributed by atoms with E-state index in [1.807, 2.05) is 0 Å². The zero-order valence-electron chi connectivity index (χ0n) is 9.03. The summed E-state index contributed by atoms with van der Waals surface area (Å²) < 4.78 is 0. The van der Waals surface area contributed by atoms with E-state index in [4.69, 9.17) is 12.6 Å². The number of thiol groups is 1. The van der Waals surface area contributed by atoms with E-state index in [0.29, 0.717) is 11.2 Å². The molecule has 0 fully saturated rings. The molecule has 0 bridgehead atoms. The van der Waals surface area contributed by atoms with E-state index in [-0.39, 0.29) is 0 Å². The van der Waals surface area contributed by atoms with Crippen LogP contribution in [0.3, 0.4) is 0 Å². The third kappa shape index (κ3) is 2.52. The first-order chi connectivity index (χ1) is 6.20. The van der Waals surface area contributed by atoms with Crippen molar-refractivity contribution in [3.8, 4) is 0 Å². The lowest BCUT2D eigenvalue weighted by molar-refractivity contribution is 0.306. The third-order valence-electron chi connectivity index (χ3n) is 3.28. The topological polar surface area (TPSA) is 0 Å². The standard InChI is InChI=1S/C12H22S/c1-4-6-10-8-7-9(3)12(13)11(10)5-2/h7-13H,4-6H2,1-3H3/t9?,10?,11?,12-/m0/s1. The second kappa shape index (κ2) is 5.09. The average molecular weight is 198 g/mol. The predicted molar refractivity (Wildman–Crippen MR) is 63.3 cm³/mol. The van der Waals surface area contributed by atoms with Gasteiger partial charge >= 0.3 is 0 Å². The van der Waals surface area contributed by atoms with Crippen LogP contribution in [0.4, 0.5) is 0 Å². The van der Waals surface area contributed by atoms with Gasteiger partial charge in [0, 0.05) is 5.25 Å². The van der Waals surface area contributed by atoms with Crippen LogP contribution in [0.5, 0.6) is 0 Å². The number of allylic oxidation sites excluding steroid dienone is 2. The highest BCUT2D eigenvalue weighted by Gasteiger charge is 2.29. The Labute approximate surface area is 88.2 Å². The normalized spacial score (nSPS) is 39.4. The summed E-state index contributed by atoms with van der Waals surface area (Å²) in [5.74, 6) is 2.23. The summed E-state index contributed by atoms with van der Waals surface area (Å²) in [4.78, 5) is 0. The van der Waals surface area contributed by atoms with Gasteiger partial charge in [0.1, 0.15) is 0 Å². The van der Waals surface area contributed by atoms with Crippen molar-refractivity contribution in [3.63, 3.8) is 0 Å². The summed E-state index contributed by atoms with van der Waals surface area (Å²) in [6.07, 6.45) is 8.67. The minimum absolute atomic E-state index is 0.576. The molecular formula is C12H22S. The van der Waals surface area contributed by atoms with Gasteiger partial charge in [0.05, 0.1) is 0 Å². The van der Waals surface area contributed by atoms with E-state index in [1.165, 1.54) is 19.3 Å². The van der Waals surface area contributed by atoms with E-state index in [2.05, 4.69) is 32.9 Å². The van der Waals surface area contributed by atoms with Crippen molar-refractivity contribution >= 4 is 12.6 Å². The first-order valence-corrected chi connectivity index (χ1v) is 6.08. The summed E-state index contributed by atoms with van der Waals surface area (Å²) in [7, 11) is 0. The highest BCUT2D eigenvalue weighted by atomic mass is 32.1. The number of hydrogen-bond acceptors (Lipinski definition) is 1. The number of rotatable bonds is 3. The van der Waals surface area contributed by atoms with Gasteiger partial charge in [0.25, 0.3) is 0 Å². The summed E-state index contributed by atoms with van der Waals surface area (Å²) in [6, 6.07) is 0. The minimum Gasteiger partial charge on any atom is -0.175 e. The molecule has 0 saturated heterocycles. The van der Waals surface area contributed by atoms with Gasteiger partial charge in [-0.25, -0.2) is 0 Å². The lowest BCUT2D eigenvalue weighted by Gasteiger charge is -2.35. The molecule has 0 aliphatic heterocycles. The molecule has 0 nitrogen and oxygen atoms in total. The van der Waals surface area contributed by atoms with Gasteiger partial charge in [-0.1, -0.05) is 45.8 Å². The van der Waals surface area contributed by atoms with E-state index in [9.17, 15) is 0 Å². The molecule has 0 aromatic rings. The van der Waals surface area contributed by atoms with E-state index in [1.54, 1.807) is 0 Å². The van der Waals surface area contributed by atoms with Gasteiger partial charge in [-0.2, -0.15) is 12.6 Å². The Morgan fingerprint density at radius 3 is 2.46 bits per heavy atom. The Hall–Kier alpha value is 0.0900. The average Bonchev–Trinajstić information content (AvgIpc) is 2.12. The summed E-state index contributed by atoms with van der Waals surface area (Å²) >= 11 is 4.73. The molecule has 4 atom stereocenters. The fraction of sp³-hybridized carbons (Fsp3) is 0.833. The molecule has 0 aromatic heterocycles. The van der Waals surface area contributed by atoms with Crippen LogP contribution in [-0.4, -0.2) is 5.25 Å². The van der Waals surface area contributed by atoms with Crippen molar-refractivity contribution in [2.75, 3.05) is 0 Å². The highest BCUT2D eigenvalue weighted by Crippen LogP contribution is 2.36.